The topological polar surface area (TPSA) is 49.4 Å². The second-order valence-electron chi connectivity index (χ2n) is 9.64. The van der Waals surface area contributed by atoms with Gasteiger partial charge in [0.05, 0.1) is 0 Å². The average Bonchev–Trinajstić information content (AvgIpc) is 2.94. The van der Waals surface area contributed by atoms with Crippen LogP contribution in [-0.2, 0) is 29.0 Å². The lowest BCUT2D eigenvalue weighted by Gasteiger charge is -2.32. The highest BCUT2D eigenvalue weighted by Gasteiger charge is 2.30. The molecular formula is C33H35ClN2O2. The molecule has 38 heavy (non-hydrogen) atoms. The van der Waals surface area contributed by atoms with Crippen molar-refractivity contribution in [2.75, 3.05) is 6.54 Å². The van der Waals surface area contributed by atoms with Crippen LogP contribution in [0.4, 0.5) is 0 Å². The average molecular weight is 527 g/mol. The van der Waals surface area contributed by atoms with Crippen LogP contribution in [0, 0.1) is 0 Å². The van der Waals surface area contributed by atoms with E-state index in [2.05, 4.69) is 36.5 Å². The molecular weight excluding hydrogens is 492 g/mol. The van der Waals surface area contributed by atoms with E-state index in [0.717, 1.165) is 40.3 Å². The molecule has 0 aliphatic carbocycles. The summed E-state index contributed by atoms with van der Waals surface area (Å²) in [6.45, 7) is 3.00. The van der Waals surface area contributed by atoms with Crippen molar-refractivity contribution in [3.05, 3.63) is 119 Å². The maximum Gasteiger partial charge on any atom is 0.243 e. The van der Waals surface area contributed by atoms with Crippen LogP contribution in [0.3, 0.4) is 0 Å². The first kappa shape index (κ1) is 27.4. The van der Waals surface area contributed by atoms with Gasteiger partial charge in [-0.05, 0) is 52.4 Å². The molecule has 5 heteroatoms. The van der Waals surface area contributed by atoms with Crippen molar-refractivity contribution in [2.45, 2.75) is 51.6 Å². The Hall–Kier alpha value is -3.63. The fraction of sp³-hybridized carbons (Fsp3) is 0.273. The van der Waals surface area contributed by atoms with Crippen molar-refractivity contribution in [2.24, 2.45) is 0 Å². The molecule has 4 rings (SSSR count). The van der Waals surface area contributed by atoms with E-state index in [-0.39, 0.29) is 11.8 Å². The number of hydrogen-bond acceptors (Lipinski definition) is 2. The van der Waals surface area contributed by atoms with Gasteiger partial charge in [0.25, 0.3) is 0 Å². The highest BCUT2D eigenvalue weighted by Crippen LogP contribution is 2.22. The predicted octanol–water partition coefficient (Wildman–Crippen LogP) is 6.98. The minimum Gasteiger partial charge on any atom is -0.354 e. The Bertz CT molecular complexity index is 1350. The second kappa shape index (κ2) is 13.8. The molecule has 0 radical (unpaired) electrons. The van der Waals surface area contributed by atoms with Crippen LogP contribution in [0.1, 0.15) is 42.9 Å². The number of nitrogens with zero attached hydrogens (tertiary/aromatic N) is 1. The number of carbonyl (C=O) groups is 2. The van der Waals surface area contributed by atoms with E-state index in [0.29, 0.717) is 37.4 Å². The van der Waals surface area contributed by atoms with Crippen LogP contribution >= 0.6 is 11.6 Å². The normalized spacial score (nSPS) is 11.7. The Labute approximate surface area is 230 Å². The predicted molar refractivity (Wildman–Crippen MR) is 156 cm³/mol. The number of carbonyl (C=O) groups excluding carboxylic acids is 2. The summed E-state index contributed by atoms with van der Waals surface area (Å²) in [7, 11) is 0. The van der Waals surface area contributed by atoms with E-state index in [1.807, 2.05) is 72.8 Å². The summed E-state index contributed by atoms with van der Waals surface area (Å²) >= 11 is 6.28. The number of rotatable bonds is 12. The molecule has 0 saturated heterocycles. The number of aryl methyl sites for hydroxylation is 1. The van der Waals surface area contributed by atoms with Gasteiger partial charge in [-0.3, -0.25) is 9.59 Å². The maximum absolute atomic E-state index is 13.9. The molecule has 0 heterocycles. The summed E-state index contributed by atoms with van der Waals surface area (Å²) in [5, 5.41) is 6.00. The summed E-state index contributed by atoms with van der Waals surface area (Å²) in [5.74, 6) is -0.174. The maximum atomic E-state index is 13.9. The van der Waals surface area contributed by atoms with E-state index < -0.39 is 6.04 Å². The van der Waals surface area contributed by atoms with Gasteiger partial charge in [-0.25, -0.2) is 0 Å². The van der Waals surface area contributed by atoms with Crippen molar-refractivity contribution < 1.29 is 9.59 Å². The molecule has 0 spiro atoms. The third-order valence-corrected chi connectivity index (χ3v) is 7.07. The molecule has 0 saturated carbocycles. The van der Waals surface area contributed by atoms with Crippen LogP contribution < -0.4 is 5.32 Å². The zero-order valence-electron chi connectivity index (χ0n) is 21.9. The zero-order valence-corrected chi connectivity index (χ0v) is 22.7. The van der Waals surface area contributed by atoms with Gasteiger partial charge < -0.3 is 10.2 Å². The molecule has 1 unspecified atom stereocenters. The molecule has 1 atom stereocenters. The summed E-state index contributed by atoms with van der Waals surface area (Å²) < 4.78 is 0. The molecule has 0 aliphatic rings. The lowest BCUT2D eigenvalue weighted by Crippen LogP contribution is -2.50. The molecule has 2 amide bonds. The first-order chi connectivity index (χ1) is 18.5. The summed E-state index contributed by atoms with van der Waals surface area (Å²) in [6.07, 6.45) is 3.23. The van der Waals surface area contributed by atoms with E-state index >= 15 is 0 Å². The molecule has 1 N–H and O–H groups in total. The number of fused-ring (bicyclic) bond motifs is 1. The van der Waals surface area contributed by atoms with Crippen LogP contribution in [-0.4, -0.2) is 29.3 Å². The van der Waals surface area contributed by atoms with Crippen molar-refractivity contribution >= 4 is 34.2 Å². The minimum absolute atomic E-state index is 0.0514. The molecule has 4 aromatic carbocycles. The van der Waals surface area contributed by atoms with Gasteiger partial charge in [0.2, 0.25) is 11.8 Å². The highest BCUT2D eigenvalue weighted by atomic mass is 35.5. The summed E-state index contributed by atoms with van der Waals surface area (Å²) in [5.41, 5.74) is 3.04. The number of nitrogens with one attached hydrogen (secondary N) is 1. The smallest absolute Gasteiger partial charge is 0.243 e. The molecule has 4 aromatic rings. The Kier molecular flexibility index (Phi) is 9.94. The third kappa shape index (κ3) is 7.45. The highest BCUT2D eigenvalue weighted by molar-refractivity contribution is 6.30. The first-order valence-electron chi connectivity index (χ1n) is 13.4. The molecule has 0 aromatic heterocycles. The van der Waals surface area contributed by atoms with Gasteiger partial charge in [-0.15, -0.1) is 0 Å². The quantitative estimate of drug-likeness (QED) is 0.202. The van der Waals surface area contributed by atoms with E-state index in [4.69, 9.17) is 11.6 Å². The van der Waals surface area contributed by atoms with E-state index in [1.54, 1.807) is 4.90 Å². The van der Waals surface area contributed by atoms with Crippen LogP contribution in [0.2, 0.25) is 5.02 Å². The first-order valence-corrected chi connectivity index (χ1v) is 13.7. The Morgan fingerprint density at radius 2 is 1.58 bits per heavy atom. The number of halogens is 1. The van der Waals surface area contributed by atoms with Crippen molar-refractivity contribution in [3.63, 3.8) is 0 Å². The van der Waals surface area contributed by atoms with E-state index in [9.17, 15) is 9.59 Å². The fourth-order valence-corrected chi connectivity index (χ4v) is 5.00. The fourth-order valence-electron chi connectivity index (χ4n) is 4.79. The molecule has 4 nitrogen and oxygen atoms in total. The largest absolute Gasteiger partial charge is 0.354 e. The van der Waals surface area contributed by atoms with Crippen molar-refractivity contribution in [3.8, 4) is 0 Å². The molecule has 196 valence electrons. The zero-order chi connectivity index (χ0) is 26.7. The third-order valence-electron chi connectivity index (χ3n) is 6.83. The lowest BCUT2D eigenvalue weighted by molar-refractivity contribution is -0.141. The van der Waals surface area contributed by atoms with Crippen LogP contribution in [0.15, 0.2) is 97.1 Å². The standard InChI is InChI=1S/C33H35ClN2O2/c1-2-3-21-35-33(38)31(23-25-11-5-4-6-12-25)36(24-26-13-9-17-29(34)22-26)32(37)20-19-28-16-10-15-27-14-7-8-18-30(27)28/h4-18,22,31H,2-3,19-21,23-24H2,1H3,(H,35,38). The number of benzene rings is 4. The van der Waals surface area contributed by atoms with E-state index in [1.165, 1.54) is 0 Å². The summed E-state index contributed by atoms with van der Waals surface area (Å²) in [6, 6.07) is 31.2. The van der Waals surface area contributed by atoms with Crippen molar-refractivity contribution in [1.82, 2.24) is 10.2 Å². The van der Waals surface area contributed by atoms with Gasteiger partial charge in [0.15, 0.2) is 0 Å². The lowest BCUT2D eigenvalue weighted by atomic mass is 9.99. The monoisotopic (exact) mass is 526 g/mol. The number of hydrogen-bond donors (Lipinski definition) is 1. The Morgan fingerprint density at radius 3 is 2.37 bits per heavy atom. The minimum atomic E-state index is -0.631. The van der Waals surface area contributed by atoms with Crippen LogP contribution in [0.5, 0.6) is 0 Å². The van der Waals surface area contributed by atoms with Crippen LogP contribution in [0.25, 0.3) is 10.8 Å². The molecule has 0 bridgehead atoms. The number of amides is 2. The SMILES string of the molecule is CCCCNC(=O)C(Cc1ccccc1)N(Cc1cccc(Cl)c1)C(=O)CCc1cccc2ccccc12. The second-order valence-corrected chi connectivity index (χ2v) is 10.1. The van der Waals surface area contributed by atoms with Gasteiger partial charge in [0, 0.05) is 31.0 Å². The van der Waals surface area contributed by atoms with Gasteiger partial charge in [-0.2, -0.15) is 0 Å². The van der Waals surface area contributed by atoms with Gasteiger partial charge >= 0.3 is 0 Å². The van der Waals surface area contributed by atoms with Gasteiger partial charge in [-0.1, -0.05) is 110 Å². The number of unbranched alkanes of at least 4 members (excludes halogenated alkanes) is 1. The van der Waals surface area contributed by atoms with Crippen molar-refractivity contribution in [1.29, 1.82) is 0 Å². The Morgan fingerprint density at radius 1 is 0.868 bits per heavy atom. The molecule has 0 fully saturated rings. The van der Waals surface area contributed by atoms with Gasteiger partial charge in [0.1, 0.15) is 6.04 Å². The molecule has 0 aliphatic heterocycles. The Balaban J connectivity index is 1.63. The summed E-state index contributed by atoms with van der Waals surface area (Å²) in [4.78, 5) is 29.2.